The number of rotatable bonds is 10. The Morgan fingerprint density at radius 3 is 2.35 bits per heavy atom. The van der Waals surface area contributed by atoms with Gasteiger partial charge in [-0.3, -0.25) is 9.59 Å². The van der Waals surface area contributed by atoms with E-state index in [9.17, 15) is 14.7 Å². The molecule has 8 nitrogen and oxygen atoms in total. The lowest BCUT2D eigenvalue weighted by atomic mass is 10.1. The van der Waals surface area contributed by atoms with E-state index in [1.807, 2.05) is 24.3 Å². The molecule has 0 saturated heterocycles. The minimum atomic E-state index is -0.651. The molecule has 3 N–H and O–H groups in total. The maximum absolute atomic E-state index is 13.0. The maximum atomic E-state index is 13.0. The van der Waals surface area contributed by atoms with E-state index in [2.05, 4.69) is 34.6 Å². The molecule has 3 rings (SSSR count). The monoisotopic (exact) mass is 520 g/mol. The normalized spacial score (nSPS) is 11.3. The number of methoxy groups -OCH3 is 1. The van der Waals surface area contributed by atoms with Gasteiger partial charge in [-0.2, -0.15) is 5.10 Å². The molecule has 0 atom stereocenters. The summed E-state index contributed by atoms with van der Waals surface area (Å²) in [6.45, 7) is 5.91. The molecular formula is C28H29ClN4O4. The lowest BCUT2D eigenvalue weighted by Gasteiger charge is -2.21. The third-order valence-corrected chi connectivity index (χ3v) is 5.74. The molecule has 37 heavy (non-hydrogen) atoms. The minimum Gasteiger partial charge on any atom is -0.504 e. The molecule has 3 aromatic rings. The zero-order valence-corrected chi connectivity index (χ0v) is 21.6. The van der Waals surface area contributed by atoms with E-state index in [1.165, 1.54) is 25.5 Å². The van der Waals surface area contributed by atoms with Crippen LogP contribution < -0.4 is 20.4 Å². The highest BCUT2D eigenvalue weighted by atomic mass is 35.5. The van der Waals surface area contributed by atoms with Crippen LogP contribution in [0.25, 0.3) is 6.08 Å². The van der Waals surface area contributed by atoms with E-state index in [0.29, 0.717) is 10.6 Å². The van der Waals surface area contributed by atoms with Crippen LogP contribution in [0.2, 0.25) is 5.02 Å². The van der Waals surface area contributed by atoms with Crippen molar-refractivity contribution in [1.29, 1.82) is 0 Å². The Hall–Kier alpha value is -4.30. The quantitative estimate of drug-likeness (QED) is 0.202. The second kappa shape index (κ2) is 13.1. The first kappa shape index (κ1) is 27.3. The zero-order chi connectivity index (χ0) is 26.8. The van der Waals surface area contributed by atoms with Crippen LogP contribution in [0, 0.1) is 0 Å². The number of carbonyl (C=O) groups is 2. The Morgan fingerprint density at radius 1 is 1.05 bits per heavy atom. The van der Waals surface area contributed by atoms with Crippen molar-refractivity contribution in [2.75, 3.05) is 25.1 Å². The molecule has 0 fully saturated rings. The van der Waals surface area contributed by atoms with Crippen molar-refractivity contribution in [2.24, 2.45) is 5.10 Å². The standard InChI is InChI=1S/C28H29ClN4O4/c1-4-33(5-2)23-13-11-19(12-14-23)15-24(31-27(35)20-9-7-6-8-10-20)28(36)32-30-18-21-16-22(29)17-25(37-3)26(21)34/h6-18,34H,4-5H2,1-3H3,(H,31,35)(H,32,36)/b24-15+,30-18+. The second-order valence-corrected chi connectivity index (χ2v) is 8.32. The number of anilines is 1. The molecule has 0 bridgehead atoms. The molecule has 0 radical (unpaired) electrons. The first-order chi connectivity index (χ1) is 17.9. The molecule has 0 aliphatic heterocycles. The SMILES string of the molecule is CCN(CC)c1ccc(/C=C(/NC(=O)c2ccccc2)C(=O)N/N=C/c2cc(Cl)cc(OC)c2O)cc1. The minimum absolute atomic E-state index is 0.00510. The van der Waals surface area contributed by atoms with Crippen LogP contribution in [0.3, 0.4) is 0 Å². The summed E-state index contributed by atoms with van der Waals surface area (Å²) in [5.74, 6) is -1.10. The van der Waals surface area contributed by atoms with Gasteiger partial charge in [0.1, 0.15) is 5.70 Å². The van der Waals surface area contributed by atoms with E-state index in [1.54, 1.807) is 36.4 Å². The summed E-state index contributed by atoms with van der Waals surface area (Å²) in [5, 5.41) is 17.2. The summed E-state index contributed by atoms with van der Waals surface area (Å²) in [7, 11) is 1.40. The number of hydrogen-bond donors (Lipinski definition) is 3. The lowest BCUT2D eigenvalue weighted by molar-refractivity contribution is -0.117. The van der Waals surface area contributed by atoms with Gasteiger partial charge in [-0.1, -0.05) is 41.9 Å². The van der Waals surface area contributed by atoms with Crippen LogP contribution in [0.15, 0.2) is 77.5 Å². The molecule has 0 aliphatic carbocycles. The maximum Gasteiger partial charge on any atom is 0.287 e. The van der Waals surface area contributed by atoms with E-state index in [0.717, 1.165) is 24.3 Å². The van der Waals surface area contributed by atoms with Crippen LogP contribution in [-0.2, 0) is 4.79 Å². The Kier molecular flexibility index (Phi) is 9.69. The highest BCUT2D eigenvalue weighted by molar-refractivity contribution is 6.31. The summed E-state index contributed by atoms with van der Waals surface area (Å²) < 4.78 is 5.08. The van der Waals surface area contributed by atoms with Gasteiger partial charge in [0.2, 0.25) is 0 Å². The van der Waals surface area contributed by atoms with Crippen molar-refractivity contribution in [3.05, 3.63) is 94.1 Å². The topological polar surface area (TPSA) is 103 Å². The van der Waals surface area contributed by atoms with E-state index >= 15 is 0 Å². The van der Waals surface area contributed by atoms with E-state index < -0.39 is 11.8 Å². The summed E-state index contributed by atoms with van der Waals surface area (Å²) in [5.41, 5.74) is 4.80. The van der Waals surface area contributed by atoms with Crippen molar-refractivity contribution >= 4 is 41.4 Å². The fraction of sp³-hybridized carbons (Fsp3) is 0.179. The van der Waals surface area contributed by atoms with Gasteiger partial charge in [0, 0.05) is 41.0 Å². The smallest absolute Gasteiger partial charge is 0.287 e. The number of hydrazone groups is 1. The number of amides is 2. The lowest BCUT2D eigenvalue weighted by Crippen LogP contribution is -2.32. The number of halogens is 1. The van der Waals surface area contributed by atoms with Crippen molar-refractivity contribution in [3.63, 3.8) is 0 Å². The molecule has 0 aromatic heterocycles. The van der Waals surface area contributed by atoms with Crippen molar-refractivity contribution in [1.82, 2.24) is 10.7 Å². The third kappa shape index (κ3) is 7.35. The molecule has 192 valence electrons. The number of phenolic OH excluding ortho intramolecular Hbond substituents is 1. The van der Waals surface area contributed by atoms with Gasteiger partial charge in [-0.15, -0.1) is 0 Å². The number of hydrogen-bond acceptors (Lipinski definition) is 6. The number of aromatic hydroxyl groups is 1. The Labute approximate surface area is 221 Å². The van der Waals surface area contributed by atoms with Crippen LogP contribution in [0.4, 0.5) is 5.69 Å². The molecule has 0 unspecified atom stereocenters. The van der Waals surface area contributed by atoms with Gasteiger partial charge in [-0.25, -0.2) is 5.43 Å². The third-order valence-electron chi connectivity index (χ3n) is 5.52. The largest absolute Gasteiger partial charge is 0.504 e. The van der Waals surface area contributed by atoms with Gasteiger partial charge in [-0.05, 0) is 55.8 Å². The van der Waals surface area contributed by atoms with Crippen LogP contribution in [0.5, 0.6) is 11.5 Å². The number of carbonyl (C=O) groups excluding carboxylic acids is 2. The number of benzene rings is 3. The van der Waals surface area contributed by atoms with Crippen LogP contribution in [0.1, 0.15) is 35.3 Å². The molecule has 0 spiro atoms. The fourth-order valence-corrected chi connectivity index (χ4v) is 3.76. The molecule has 2 amide bonds. The predicted molar refractivity (Wildman–Crippen MR) is 147 cm³/mol. The highest BCUT2D eigenvalue weighted by Gasteiger charge is 2.15. The molecular weight excluding hydrogens is 492 g/mol. The number of ether oxygens (including phenoxy) is 1. The first-order valence-corrected chi connectivity index (χ1v) is 12.1. The molecule has 3 aromatic carbocycles. The van der Waals surface area contributed by atoms with Gasteiger partial charge < -0.3 is 20.1 Å². The summed E-state index contributed by atoms with van der Waals surface area (Å²) in [6, 6.07) is 19.2. The highest BCUT2D eigenvalue weighted by Crippen LogP contribution is 2.32. The summed E-state index contributed by atoms with van der Waals surface area (Å²) in [4.78, 5) is 28.0. The predicted octanol–water partition coefficient (Wildman–Crippen LogP) is 4.82. The van der Waals surface area contributed by atoms with Crippen molar-refractivity contribution in [3.8, 4) is 11.5 Å². The van der Waals surface area contributed by atoms with Crippen molar-refractivity contribution in [2.45, 2.75) is 13.8 Å². The number of phenols is 1. The van der Waals surface area contributed by atoms with Crippen LogP contribution in [-0.4, -0.2) is 43.3 Å². The van der Waals surface area contributed by atoms with Crippen LogP contribution >= 0.6 is 11.6 Å². The number of nitrogens with one attached hydrogen (secondary N) is 2. The Bertz CT molecular complexity index is 1290. The first-order valence-electron chi connectivity index (χ1n) is 11.7. The summed E-state index contributed by atoms with van der Waals surface area (Å²) in [6.07, 6.45) is 2.80. The Balaban J connectivity index is 1.86. The van der Waals surface area contributed by atoms with E-state index in [4.69, 9.17) is 16.3 Å². The molecule has 0 aliphatic rings. The van der Waals surface area contributed by atoms with Gasteiger partial charge in [0.05, 0.1) is 13.3 Å². The fourth-order valence-electron chi connectivity index (χ4n) is 3.55. The van der Waals surface area contributed by atoms with Gasteiger partial charge in [0.25, 0.3) is 11.8 Å². The summed E-state index contributed by atoms with van der Waals surface area (Å²) >= 11 is 6.05. The number of nitrogens with zero attached hydrogens (tertiary/aromatic N) is 2. The Morgan fingerprint density at radius 2 is 1.73 bits per heavy atom. The molecule has 0 saturated carbocycles. The second-order valence-electron chi connectivity index (χ2n) is 7.89. The van der Waals surface area contributed by atoms with Crippen molar-refractivity contribution < 1.29 is 19.4 Å². The molecule has 0 heterocycles. The average molecular weight is 521 g/mol. The van der Waals surface area contributed by atoms with Gasteiger partial charge in [0.15, 0.2) is 11.5 Å². The zero-order valence-electron chi connectivity index (χ0n) is 20.9. The van der Waals surface area contributed by atoms with Gasteiger partial charge >= 0.3 is 0 Å². The van der Waals surface area contributed by atoms with E-state index in [-0.39, 0.29) is 22.8 Å². The molecule has 9 heteroatoms. The average Bonchev–Trinajstić information content (AvgIpc) is 2.91.